The Balaban J connectivity index is 1.40. The number of pyridine rings is 1. The average Bonchev–Trinajstić information content (AvgIpc) is 3.31. The number of benzene rings is 4. The first-order valence-corrected chi connectivity index (χ1v) is 13.5. The first kappa shape index (κ1) is 22.7. The van der Waals surface area contributed by atoms with Gasteiger partial charge in [-0.1, -0.05) is 106 Å². The van der Waals surface area contributed by atoms with Gasteiger partial charge in [0.15, 0.2) is 0 Å². The van der Waals surface area contributed by atoms with Gasteiger partial charge >= 0.3 is 0 Å². The number of rotatable bonds is 5. The molecule has 1 nitrogen and oxygen atoms in total. The highest BCUT2D eigenvalue weighted by atomic mass is 32.1. The molecule has 0 spiro atoms. The molecule has 0 aliphatic carbocycles. The van der Waals surface area contributed by atoms with Crippen LogP contribution in [0.15, 0.2) is 109 Å². The maximum atomic E-state index is 4.78. The summed E-state index contributed by atoms with van der Waals surface area (Å²) in [6, 6.07) is 37.4. The summed E-state index contributed by atoms with van der Waals surface area (Å²) in [6.45, 7) is 6.87. The van der Waals surface area contributed by atoms with Crippen LogP contribution < -0.4 is 0 Å². The predicted octanol–water partition coefficient (Wildman–Crippen LogP) is 10.2. The number of hydrogen-bond donors (Lipinski definition) is 0. The molecule has 0 N–H and O–H groups in total. The van der Waals surface area contributed by atoms with Gasteiger partial charge in [-0.3, -0.25) is 4.98 Å². The largest absolute Gasteiger partial charge is 0.256 e. The standard InChI is InChI=1S/C34H29NS/c1-22(2)23(3)27-18-19-35-32(20-27)31-11-7-10-30-29-17-16-28(21-33(29)36-34(30)31)26-14-12-25(13-15-26)24-8-5-4-6-9-24/h4-23H,1-3H3. The summed E-state index contributed by atoms with van der Waals surface area (Å²) >= 11 is 1.87. The Morgan fingerprint density at radius 1 is 0.611 bits per heavy atom. The van der Waals surface area contributed by atoms with Crippen LogP contribution in [0.1, 0.15) is 32.3 Å². The summed E-state index contributed by atoms with van der Waals surface area (Å²) in [6.07, 6.45) is 1.97. The number of fused-ring (bicyclic) bond motifs is 3. The molecule has 0 aliphatic rings. The third-order valence-corrected chi connectivity index (χ3v) is 8.61. The maximum absolute atomic E-state index is 4.78. The molecule has 2 heteroatoms. The van der Waals surface area contributed by atoms with Crippen LogP contribution in [-0.2, 0) is 0 Å². The zero-order chi connectivity index (χ0) is 24.6. The number of thiophene rings is 1. The zero-order valence-electron chi connectivity index (χ0n) is 20.9. The fourth-order valence-electron chi connectivity index (χ4n) is 4.93. The van der Waals surface area contributed by atoms with Crippen LogP contribution in [0.5, 0.6) is 0 Å². The Morgan fingerprint density at radius 3 is 2.06 bits per heavy atom. The number of aromatic nitrogens is 1. The van der Waals surface area contributed by atoms with Gasteiger partial charge in [-0.2, -0.15) is 0 Å². The minimum Gasteiger partial charge on any atom is -0.256 e. The monoisotopic (exact) mass is 483 g/mol. The predicted molar refractivity (Wildman–Crippen MR) is 157 cm³/mol. The van der Waals surface area contributed by atoms with Crippen molar-refractivity contribution in [3.05, 3.63) is 115 Å². The molecule has 2 aromatic heterocycles. The van der Waals surface area contributed by atoms with Gasteiger partial charge in [0.05, 0.1) is 5.69 Å². The Labute approximate surface area is 217 Å². The van der Waals surface area contributed by atoms with Crippen LogP contribution in [-0.4, -0.2) is 4.98 Å². The molecule has 0 fully saturated rings. The second kappa shape index (κ2) is 9.37. The van der Waals surface area contributed by atoms with Gasteiger partial charge in [0, 0.05) is 31.9 Å². The smallest absolute Gasteiger partial charge is 0.0719 e. The van der Waals surface area contributed by atoms with Crippen molar-refractivity contribution < 1.29 is 0 Å². The summed E-state index contributed by atoms with van der Waals surface area (Å²) in [5.74, 6) is 1.10. The number of nitrogens with zero attached hydrogens (tertiary/aromatic N) is 1. The van der Waals surface area contributed by atoms with Crippen molar-refractivity contribution in [3.63, 3.8) is 0 Å². The van der Waals surface area contributed by atoms with E-state index in [1.165, 1.54) is 53.6 Å². The maximum Gasteiger partial charge on any atom is 0.0719 e. The Kier molecular flexibility index (Phi) is 5.91. The molecule has 36 heavy (non-hydrogen) atoms. The van der Waals surface area contributed by atoms with Gasteiger partial charge < -0.3 is 0 Å². The van der Waals surface area contributed by atoms with E-state index >= 15 is 0 Å². The quantitative estimate of drug-likeness (QED) is 0.238. The van der Waals surface area contributed by atoms with Crippen LogP contribution >= 0.6 is 11.3 Å². The summed E-state index contributed by atoms with van der Waals surface area (Å²) in [4.78, 5) is 4.78. The minimum atomic E-state index is 0.504. The van der Waals surface area contributed by atoms with E-state index in [9.17, 15) is 0 Å². The SMILES string of the molecule is CC(C)C(C)c1ccnc(-c2cccc3c2sc2cc(-c4ccc(-c5ccccc5)cc4)ccc23)c1. The lowest BCUT2D eigenvalue weighted by Gasteiger charge is -2.16. The molecule has 176 valence electrons. The Hall–Kier alpha value is -3.75. The van der Waals surface area contributed by atoms with Gasteiger partial charge in [0.2, 0.25) is 0 Å². The molecule has 0 aliphatic heterocycles. The lowest BCUT2D eigenvalue weighted by atomic mass is 9.90. The second-order valence-electron chi connectivity index (χ2n) is 9.95. The van der Waals surface area contributed by atoms with E-state index in [4.69, 9.17) is 4.98 Å². The highest BCUT2D eigenvalue weighted by molar-refractivity contribution is 7.26. The van der Waals surface area contributed by atoms with Crippen molar-refractivity contribution in [3.8, 4) is 33.5 Å². The Morgan fingerprint density at radius 2 is 1.31 bits per heavy atom. The highest BCUT2D eigenvalue weighted by Crippen LogP contribution is 2.41. The molecule has 2 heterocycles. The highest BCUT2D eigenvalue weighted by Gasteiger charge is 2.15. The van der Waals surface area contributed by atoms with E-state index in [0.717, 1.165) is 5.69 Å². The van der Waals surface area contributed by atoms with Crippen molar-refractivity contribution in [2.45, 2.75) is 26.7 Å². The molecule has 0 bridgehead atoms. The molecule has 1 unspecified atom stereocenters. The van der Waals surface area contributed by atoms with Gasteiger partial charge in [0.25, 0.3) is 0 Å². The van der Waals surface area contributed by atoms with E-state index in [1.807, 2.05) is 17.5 Å². The molecule has 0 amide bonds. The van der Waals surface area contributed by atoms with Crippen molar-refractivity contribution >= 4 is 31.5 Å². The molecular formula is C34H29NS. The van der Waals surface area contributed by atoms with E-state index in [-0.39, 0.29) is 0 Å². The molecule has 1 atom stereocenters. The van der Waals surface area contributed by atoms with Crippen LogP contribution in [0.25, 0.3) is 53.7 Å². The lowest BCUT2D eigenvalue weighted by Crippen LogP contribution is -2.02. The van der Waals surface area contributed by atoms with Crippen molar-refractivity contribution in [2.75, 3.05) is 0 Å². The molecule has 0 saturated heterocycles. The normalized spacial score (nSPS) is 12.4. The van der Waals surface area contributed by atoms with Gasteiger partial charge in [-0.25, -0.2) is 0 Å². The van der Waals surface area contributed by atoms with E-state index in [0.29, 0.717) is 11.8 Å². The van der Waals surface area contributed by atoms with Crippen molar-refractivity contribution in [1.29, 1.82) is 0 Å². The van der Waals surface area contributed by atoms with Gasteiger partial charge in [-0.05, 0) is 57.9 Å². The average molecular weight is 484 g/mol. The number of hydrogen-bond acceptors (Lipinski definition) is 2. The first-order chi connectivity index (χ1) is 17.6. The van der Waals surface area contributed by atoms with Crippen molar-refractivity contribution in [2.24, 2.45) is 5.92 Å². The van der Waals surface area contributed by atoms with Crippen LogP contribution in [0.2, 0.25) is 0 Å². The van der Waals surface area contributed by atoms with E-state index in [1.54, 1.807) is 0 Å². The van der Waals surface area contributed by atoms with Crippen LogP contribution in [0.4, 0.5) is 0 Å². The van der Waals surface area contributed by atoms with Crippen LogP contribution in [0.3, 0.4) is 0 Å². The topological polar surface area (TPSA) is 12.9 Å². The second-order valence-corrected chi connectivity index (χ2v) is 11.0. The van der Waals surface area contributed by atoms with E-state index < -0.39 is 0 Å². The third-order valence-electron chi connectivity index (χ3n) is 7.41. The molecule has 6 aromatic rings. The Bertz CT molecular complexity index is 1660. The van der Waals surface area contributed by atoms with Gasteiger partial charge in [0.1, 0.15) is 0 Å². The third kappa shape index (κ3) is 4.12. The van der Waals surface area contributed by atoms with Crippen LogP contribution in [0, 0.1) is 5.92 Å². The van der Waals surface area contributed by atoms with E-state index in [2.05, 4.69) is 124 Å². The fourth-order valence-corrected chi connectivity index (χ4v) is 6.19. The molecule has 4 aromatic carbocycles. The van der Waals surface area contributed by atoms with Gasteiger partial charge in [-0.15, -0.1) is 11.3 Å². The zero-order valence-corrected chi connectivity index (χ0v) is 21.7. The fraction of sp³-hybridized carbons (Fsp3) is 0.147. The molecule has 0 radical (unpaired) electrons. The summed E-state index contributed by atoms with van der Waals surface area (Å²) in [5.41, 5.74) is 8.63. The molecule has 0 saturated carbocycles. The molecular weight excluding hydrogens is 454 g/mol. The minimum absolute atomic E-state index is 0.504. The van der Waals surface area contributed by atoms with Crippen molar-refractivity contribution in [1.82, 2.24) is 4.98 Å². The molecule has 6 rings (SSSR count). The first-order valence-electron chi connectivity index (χ1n) is 12.7. The summed E-state index contributed by atoms with van der Waals surface area (Å²) < 4.78 is 2.62. The summed E-state index contributed by atoms with van der Waals surface area (Å²) in [5, 5.41) is 2.62. The summed E-state index contributed by atoms with van der Waals surface area (Å²) in [7, 11) is 0. The lowest BCUT2D eigenvalue weighted by molar-refractivity contribution is 0.535.